The SMILES string of the molecule is C[C](=[Zr+2])c1ccccc1.C[C](=[Zr+2])c1ccccc1.C[Si](C)(C)C1=CC[C-]=C1.C[Si](C)(C)C1=CC[C-]=C1.[Cl-].[Cl-].c1cc2c([cH-]1)CCCC2.c1cc2c([cH-]1)CCCC2. The fourth-order valence-corrected chi connectivity index (χ4v) is 9.76. The van der Waals surface area contributed by atoms with Crippen LogP contribution in [0.5, 0.6) is 0 Å². The van der Waals surface area contributed by atoms with Crippen LogP contribution in [0.2, 0.25) is 39.3 Å². The first-order chi connectivity index (χ1) is 25.8. The summed E-state index contributed by atoms with van der Waals surface area (Å²) in [6.45, 7) is 18.5. The van der Waals surface area contributed by atoms with E-state index >= 15 is 0 Å². The number of hydrogen-bond donors (Lipinski definition) is 0. The van der Waals surface area contributed by atoms with Crippen LogP contribution in [0.4, 0.5) is 0 Å². The Morgan fingerprint density at radius 2 is 0.857 bits per heavy atom. The molecule has 0 aromatic heterocycles. The van der Waals surface area contributed by atoms with Crippen LogP contribution in [-0.2, 0) is 74.2 Å². The van der Waals surface area contributed by atoms with Gasteiger partial charge in [0.15, 0.2) is 0 Å². The maximum atomic E-state index is 3.20. The first-order valence-electron chi connectivity index (χ1n) is 20.0. The van der Waals surface area contributed by atoms with Crippen LogP contribution in [0.3, 0.4) is 0 Å². The van der Waals surface area contributed by atoms with Crippen LogP contribution in [0.25, 0.3) is 0 Å². The Bertz CT molecular complexity index is 1650. The Morgan fingerprint density at radius 3 is 1.09 bits per heavy atom. The summed E-state index contributed by atoms with van der Waals surface area (Å²) in [4.78, 5) is 0. The third-order valence-corrected chi connectivity index (χ3v) is 15.4. The predicted molar refractivity (Wildman–Crippen MR) is 238 cm³/mol. The zero-order chi connectivity index (χ0) is 39.4. The monoisotopic (exact) mass is 970 g/mol. The van der Waals surface area contributed by atoms with Crippen molar-refractivity contribution in [3.05, 3.63) is 177 Å². The van der Waals surface area contributed by atoms with Crippen molar-refractivity contribution >= 4 is 22.6 Å². The van der Waals surface area contributed by atoms with Crippen molar-refractivity contribution in [2.24, 2.45) is 0 Å². The number of allylic oxidation sites excluding steroid dienone is 8. The van der Waals surface area contributed by atoms with Gasteiger partial charge in [0.1, 0.15) is 0 Å². The van der Waals surface area contributed by atoms with E-state index in [1.165, 1.54) is 117 Å². The molecule has 0 N–H and O–H groups in total. The summed E-state index contributed by atoms with van der Waals surface area (Å²) in [5, 5.41) is 3.12. The van der Waals surface area contributed by atoms with E-state index in [0.29, 0.717) is 0 Å². The normalized spacial score (nSPS) is 14.4. The number of fused-ring (bicyclic) bond motifs is 2. The fourth-order valence-electron chi connectivity index (χ4n) is 6.44. The third kappa shape index (κ3) is 20.5. The first kappa shape index (κ1) is 52.6. The molecule has 0 nitrogen and oxygen atoms in total. The van der Waals surface area contributed by atoms with Gasteiger partial charge in [-0.1, -0.05) is 90.6 Å². The zero-order valence-electron chi connectivity index (χ0n) is 35.4. The average molecular weight is 975 g/mol. The van der Waals surface area contributed by atoms with Crippen LogP contribution in [0.15, 0.2) is 132 Å². The maximum Gasteiger partial charge on any atom is -0.0114 e. The number of halogens is 2. The Morgan fingerprint density at radius 1 is 0.518 bits per heavy atom. The van der Waals surface area contributed by atoms with Gasteiger partial charge in [0.2, 0.25) is 0 Å². The second kappa shape index (κ2) is 28.2. The molecule has 4 aliphatic carbocycles. The Labute approximate surface area is 386 Å². The molecule has 0 radical (unpaired) electrons. The number of hydrogen-bond acceptors (Lipinski definition) is 0. The van der Waals surface area contributed by atoms with E-state index in [1.54, 1.807) is 32.6 Å². The Balaban J connectivity index is 0.000000334. The van der Waals surface area contributed by atoms with Gasteiger partial charge in [-0.25, -0.2) is 34.7 Å². The molecule has 0 unspecified atom stereocenters. The molecule has 4 aliphatic rings. The minimum absolute atomic E-state index is 0. The van der Waals surface area contributed by atoms with E-state index in [9.17, 15) is 0 Å². The molecule has 0 saturated heterocycles. The summed E-state index contributed by atoms with van der Waals surface area (Å²) in [6.07, 6.45) is 28.3. The van der Waals surface area contributed by atoms with Crippen molar-refractivity contribution in [2.45, 2.75) is 117 Å². The quantitative estimate of drug-likeness (QED) is 0.150. The topological polar surface area (TPSA) is 0 Å². The summed E-state index contributed by atoms with van der Waals surface area (Å²) in [5.41, 5.74) is 9.14. The minimum atomic E-state index is -0.981. The Kier molecular flexibility index (Phi) is 26.5. The summed E-state index contributed by atoms with van der Waals surface area (Å²) < 4.78 is 2.92. The van der Waals surface area contributed by atoms with Crippen LogP contribution < -0.4 is 24.8 Å². The molecule has 4 aromatic carbocycles. The largest absolute Gasteiger partial charge is 1.00 e. The van der Waals surface area contributed by atoms with E-state index in [4.69, 9.17) is 0 Å². The number of aryl methyl sites for hydroxylation is 4. The van der Waals surface area contributed by atoms with Gasteiger partial charge < -0.3 is 24.8 Å². The van der Waals surface area contributed by atoms with Gasteiger partial charge in [-0.05, 0) is 16.1 Å². The maximum absolute atomic E-state index is 3.20. The number of rotatable bonds is 4. The van der Waals surface area contributed by atoms with E-state index < -0.39 is 16.1 Å². The van der Waals surface area contributed by atoms with Gasteiger partial charge in [-0.2, -0.15) is 58.7 Å². The summed E-state index contributed by atoms with van der Waals surface area (Å²) in [6, 6.07) is 34.3. The van der Waals surface area contributed by atoms with E-state index in [1.807, 2.05) is 12.1 Å². The second-order valence-corrected chi connectivity index (χ2v) is 30.3. The van der Waals surface area contributed by atoms with Gasteiger partial charge in [-0.3, -0.25) is 12.2 Å². The molecule has 4 aromatic rings. The number of benzene rings is 2. The molecule has 0 saturated carbocycles. The molecule has 8 rings (SSSR count). The predicted octanol–water partition coefficient (Wildman–Crippen LogP) is 7.23. The van der Waals surface area contributed by atoms with E-state index in [-0.39, 0.29) is 24.8 Å². The molecule has 0 bridgehead atoms. The van der Waals surface area contributed by atoms with Crippen molar-refractivity contribution in [3.63, 3.8) is 0 Å². The second-order valence-electron chi connectivity index (χ2n) is 16.5. The fraction of sp³-hybridized carbons (Fsp3) is 0.360. The van der Waals surface area contributed by atoms with Gasteiger partial charge >= 0.3 is 141 Å². The average Bonchev–Trinajstić information content (AvgIpc) is 4.01. The summed E-state index contributed by atoms with van der Waals surface area (Å²) in [5.74, 6) is 0. The molecule has 296 valence electrons. The van der Waals surface area contributed by atoms with Crippen LogP contribution in [0.1, 0.15) is 85.8 Å². The van der Waals surface area contributed by atoms with E-state index in [0.717, 1.165) is 12.8 Å². The minimum Gasteiger partial charge on any atom is -1.00 e. The summed E-state index contributed by atoms with van der Waals surface area (Å²) in [7, 11) is -1.96. The standard InChI is InChI=1S/2C9H11.2C8H13Si.2C8H8.2ClH.2Zr/c2*1-2-5-9-7-3-6-8(9)4-1;2*1-9(2,3)8-6-4-5-7-8;2*1-2-8-6-4-3-5-7-8;;;;/h2*3,6-7H,1-2,4-5H2;2*6-7H,4H2,1-3H3;2*3-7H,1H3;2*1H;;/q4*-1;;;;;2*+2/p-2. The van der Waals surface area contributed by atoms with E-state index in [2.05, 4.69) is 175 Å². The molecular formula is C50H64Cl2Si2Zr2-2. The van der Waals surface area contributed by atoms with Crippen molar-refractivity contribution in [1.29, 1.82) is 0 Å². The van der Waals surface area contributed by atoms with Crippen molar-refractivity contribution in [2.75, 3.05) is 0 Å². The Hall–Kier alpha value is -1.38. The smallest absolute Gasteiger partial charge is 0.0114 e. The molecule has 0 atom stereocenters. The van der Waals surface area contributed by atoms with Crippen LogP contribution in [-0.4, -0.2) is 22.6 Å². The molecule has 56 heavy (non-hydrogen) atoms. The zero-order valence-corrected chi connectivity index (χ0v) is 43.8. The van der Waals surface area contributed by atoms with Gasteiger partial charge in [0.05, 0.1) is 0 Å². The molecule has 0 spiro atoms. The third-order valence-electron chi connectivity index (χ3n) is 9.84. The van der Waals surface area contributed by atoms with Crippen molar-refractivity contribution < 1.29 is 73.3 Å². The van der Waals surface area contributed by atoms with Crippen molar-refractivity contribution in [1.82, 2.24) is 0 Å². The molecular weight excluding hydrogens is 910 g/mol. The first-order valence-corrected chi connectivity index (χ1v) is 29.4. The van der Waals surface area contributed by atoms with Crippen LogP contribution >= 0.6 is 0 Å². The van der Waals surface area contributed by atoms with Crippen molar-refractivity contribution in [3.8, 4) is 0 Å². The van der Waals surface area contributed by atoms with Gasteiger partial charge in [0, 0.05) is 0 Å². The molecule has 0 fully saturated rings. The molecule has 0 heterocycles. The van der Waals surface area contributed by atoms with Crippen LogP contribution in [0, 0.1) is 12.2 Å². The van der Waals surface area contributed by atoms with Gasteiger partial charge in [0.25, 0.3) is 0 Å². The van der Waals surface area contributed by atoms with Gasteiger partial charge in [-0.15, -0.1) is 12.8 Å². The molecule has 6 heteroatoms. The summed E-state index contributed by atoms with van der Waals surface area (Å²) >= 11 is 3.01. The molecule has 0 aliphatic heterocycles. The molecule has 0 amide bonds.